The Balaban J connectivity index is 1.87. The fraction of sp³-hybridized carbons (Fsp3) is 0.211. The summed E-state index contributed by atoms with van der Waals surface area (Å²) in [6.45, 7) is 3.19. The molecule has 8 heteroatoms. The van der Waals surface area contributed by atoms with E-state index in [1.165, 1.54) is 30.8 Å². The number of thioether (sulfide) groups is 1. The minimum absolute atomic E-state index is 0.334. The van der Waals surface area contributed by atoms with E-state index < -0.39 is 29.1 Å². The number of hydrogen-bond acceptors (Lipinski definition) is 5. The molecule has 3 N–H and O–H groups in total. The lowest BCUT2D eigenvalue weighted by Gasteiger charge is -2.16. The van der Waals surface area contributed by atoms with Gasteiger partial charge in [0.15, 0.2) is 6.10 Å². The molecule has 142 valence electrons. The molecule has 0 aliphatic carbocycles. The molecule has 0 fully saturated rings. The molecule has 2 aromatic carbocycles. The van der Waals surface area contributed by atoms with Crippen LogP contribution in [0.2, 0.25) is 5.02 Å². The molecule has 0 spiro atoms. The molecule has 0 aliphatic heterocycles. The van der Waals surface area contributed by atoms with Gasteiger partial charge in [0, 0.05) is 21.2 Å². The minimum atomic E-state index is -0.971. The number of carbonyl (C=O) groups excluding carboxylic acids is 3. The summed E-state index contributed by atoms with van der Waals surface area (Å²) >= 11 is 7.15. The summed E-state index contributed by atoms with van der Waals surface area (Å²) < 4.78 is 5.23. The van der Waals surface area contributed by atoms with Crippen molar-refractivity contribution in [1.82, 2.24) is 0 Å². The Kier molecular flexibility index (Phi) is 7.27. The second-order valence-corrected chi connectivity index (χ2v) is 7.57. The zero-order chi connectivity index (χ0) is 20.0. The molecule has 2 aromatic rings. The first-order valence-electron chi connectivity index (χ1n) is 8.09. The predicted octanol–water partition coefficient (Wildman–Crippen LogP) is 3.49. The summed E-state index contributed by atoms with van der Waals surface area (Å²) in [5, 5.41) is 2.74. The van der Waals surface area contributed by atoms with Crippen molar-refractivity contribution < 1.29 is 19.1 Å². The van der Waals surface area contributed by atoms with Gasteiger partial charge in [-0.1, -0.05) is 11.6 Å². The number of rotatable bonds is 7. The van der Waals surface area contributed by atoms with Gasteiger partial charge in [-0.25, -0.2) is 0 Å². The van der Waals surface area contributed by atoms with Crippen LogP contribution in [0.25, 0.3) is 0 Å². The lowest BCUT2D eigenvalue weighted by atomic mass is 10.2. The minimum Gasteiger partial charge on any atom is -0.452 e. The van der Waals surface area contributed by atoms with Gasteiger partial charge in [-0.3, -0.25) is 14.4 Å². The van der Waals surface area contributed by atoms with Crippen molar-refractivity contribution in [3.8, 4) is 0 Å². The number of hydrogen-bond donors (Lipinski definition) is 2. The monoisotopic (exact) mass is 406 g/mol. The highest BCUT2D eigenvalue weighted by atomic mass is 35.5. The summed E-state index contributed by atoms with van der Waals surface area (Å²) in [6, 6.07) is 13.2. The fourth-order valence-electron chi connectivity index (χ4n) is 2.05. The normalized spacial score (nSPS) is 12.7. The van der Waals surface area contributed by atoms with Gasteiger partial charge in [-0.2, -0.15) is 0 Å². The van der Waals surface area contributed by atoms with E-state index in [-0.39, 0.29) is 0 Å². The third-order valence-corrected chi connectivity index (χ3v) is 4.90. The highest BCUT2D eigenvalue weighted by Gasteiger charge is 2.23. The largest absolute Gasteiger partial charge is 0.452 e. The van der Waals surface area contributed by atoms with Crippen LogP contribution in [0.3, 0.4) is 0 Å². The van der Waals surface area contributed by atoms with E-state index in [1.807, 2.05) is 12.1 Å². The van der Waals surface area contributed by atoms with Crippen molar-refractivity contribution in [2.75, 3.05) is 5.32 Å². The number of nitrogens with two attached hydrogens (primary N) is 1. The van der Waals surface area contributed by atoms with E-state index in [9.17, 15) is 14.4 Å². The molecule has 6 nitrogen and oxygen atoms in total. The van der Waals surface area contributed by atoms with E-state index in [4.69, 9.17) is 22.1 Å². The van der Waals surface area contributed by atoms with Gasteiger partial charge in [0.1, 0.15) is 5.25 Å². The van der Waals surface area contributed by atoms with Crippen LogP contribution >= 0.6 is 23.4 Å². The van der Waals surface area contributed by atoms with Crippen molar-refractivity contribution in [3.05, 3.63) is 59.1 Å². The molecule has 0 aliphatic rings. The number of halogens is 1. The summed E-state index contributed by atoms with van der Waals surface area (Å²) in [5.41, 5.74) is 5.97. The maximum absolute atomic E-state index is 12.2. The van der Waals surface area contributed by atoms with E-state index in [2.05, 4.69) is 5.32 Å². The SMILES string of the molecule is C[C@@H](OC(=O)[C@@H](C)Sc1ccc(Cl)cc1)C(=O)Nc1ccc(C(N)=O)cc1. The Morgan fingerprint density at radius 1 is 1.04 bits per heavy atom. The van der Waals surface area contributed by atoms with E-state index >= 15 is 0 Å². The van der Waals surface area contributed by atoms with Crippen molar-refractivity contribution in [2.24, 2.45) is 5.73 Å². The average molecular weight is 407 g/mol. The van der Waals surface area contributed by atoms with E-state index in [0.717, 1.165) is 4.90 Å². The summed E-state index contributed by atoms with van der Waals surface area (Å²) in [7, 11) is 0. The zero-order valence-corrected chi connectivity index (χ0v) is 16.3. The second kappa shape index (κ2) is 9.43. The second-order valence-electron chi connectivity index (χ2n) is 5.72. The Labute approximate surface area is 166 Å². The first-order valence-corrected chi connectivity index (χ1v) is 9.35. The fourth-order valence-corrected chi connectivity index (χ4v) is 3.03. The van der Waals surface area contributed by atoms with Crippen molar-refractivity contribution in [1.29, 1.82) is 0 Å². The van der Waals surface area contributed by atoms with Crippen LogP contribution < -0.4 is 11.1 Å². The number of esters is 1. The Bertz CT molecular complexity index is 825. The Morgan fingerprint density at radius 3 is 2.19 bits per heavy atom. The van der Waals surface area contributed by atoms with Crippen LogP contribution in [0, 0.1) is 0 Å². The van der Waals surface area contributed by atoms with Gasteiger partial charge in [0.25, 0.3) is 5.91 Å². The van der Waals surface area contributed by atoms with E-state index in [1.54, 1.807) is 31.2 Å². The van der Waals surface area contributed by atoms with Crippen molar-refractivity contribution in [3.63, 3.8) is 0 Å². The Hall–Kier alpha value is -2.51. The molecule has 0 radical (unpaired) electrons. The van der Waals surface area contributed by atoms with Gasteiger partial charge >= 0.3 is 5.97 Å². The number of anilines is 1. The molecule has 0 aromatic heterocycles. The van der Waals surface area contributed by atoms with Crippen LogP contribution in [0.15, 0.2) is 53.4 Å². The molecule has 0 unspecified atom stereocenters. The highest BCUT2D eigenvalue weighted by Crippen LogP contribution is 2.25. The lowest BCUT2D eigenvalue weighted by Crippen LogP contribution is -2.32. The standard InChI is InChI=1S/C19H19ClN2O4S/c1-11(18(24)22-15-7-3-13(4-8-15)17(21)23)26-19(25)12(2)27-16-9-5-14(20)6-10-16/h3-12H,1-2H3,(H2,21,23)(H,22,24)/t11-,12-/m1/s1. The number of nitrogens with one attached hydrogen (secondary N) is 1. The van der Waals surface area contributed by atoms with Crippen molar-refractivity contribution >= 4 is 46.8 Å². The summed E-state index contributed by atoms with van der Waals surface area (Å²) in [4.78, 5) is 36.3. The smallest absolute Gasteiger partial charge is 0.319 e. The van der Waals surface area contributed by atoms with Crippen LogP contribution in [0.1, 0.15) is 24.2 Å². The quantitative estimate of drug-likeness (QED) is 0.541. The van der Waals surface area contributed by atoms with Crippen molar-refractivity contribution in [2.45, 2.75) is 30.1 Å². The first kappa shape index (κ1) is 20.8. The molecule has 2 atom stereocenters. The number of primary amides is 1. The molecular formula is C19H19ClN2O4S. The molecule has 0 saturated heterocycles. The first-order chi connectivity index (χ1) is 12.8. The average Bonchev–Trinajstić information content (AvgIpc) is 2.63. The lowest BCUT2D eigenvalue weighted by molar-refractivity contribution is -0.152. The third-order valence-electron chi connectivity index (χ3n) is 3.56. The van der Waals surface area contributed by atoms with E-state index in [0.29, 0.717) is 16.3 Å². The topological polar surface area (TPSA) is 98.5 Å². The van der Waals surface area contributed by atoms with Gasteiger partial charge in [0.2, 0.25) is 5.91 Å². The Morgan fingerprint density at radius 2 is 1.63 bits per heavy atom. The van der Waals surface area contributed by atoms with Gasteiger partial charge in [-0.05, 0) is 62.4 Å². The highest BCUT2D eigenvalue weighted by molar-refractivity contribution is 8.00. The number of carbonyl (C=O) groups is 3. The molecule has 0 saturated carbocycles. The third kappa shape index (κ3) is 6.30. The number of benzene rings is 2. The maximum Gasteiger partial charge on any atom is 0.319 e. The van der Waals surface area contributed by atoms with Crippen LogP contribution in [-0.2, 0) is 14.3 Å². The molecule has 2 amide bonds. The van der Waals surface area contributed by atoms with Gasteiger partial charge in [-0.15, -0.1) is 11.8 Å². The number of amides is 2. The summed E-state index contributed by atoms with van der Waals surface area (Å²) in [5.74, 6) is -1.53. The van der Waals surface area contributed by atoms with Crippen LogP contribution in [0.4, 0.5) is 5.69 Å². The van der Waals surface area contributed by atoms with Gasteiger partial charge < -0.3 is 15.8 Å². The van der Waals surface area contributed by atoms with Crippen LogP contribution in [-0.4, -0.2) is 29.1 Å². The summed E-state index contributed by atoms with van der Waals surface area (Å²) in [6.07, 6.45) is -0.971. The molecule has 2 rings (SSSR count). The molecule has 0 heterocycles. The van der Waals surface area contributed by atoms with Crippen LogP contribution in [0.5, 0.6) is 0 Å². The van der Waals surface area contributed by atoms with Gasteiger partial charge in [0.05, 0.1) is 0 Å². The maximum atomic E-state index is 12.2. The zero-order valence-electron chi connectivity index (χ0n) is 14.8. The molecule has 0 bridgehead atoms. The molecule has 27 heavy (non-hydrogen) atoms. The predicted molar refractivity (Wildman–Crippen MR) is 106 cm³/mol. The number of ether oxygens (including phenoxy) is 1. The molecular weight excluding hydrogens is 388 g/mol.